The summed E-state index contributed by atoms with van der Waals surface area (Å²) < 4.78 is 3.59. The first-order chi connectivity index (χ1) is 14.4. The Morgan fingerprint density at radius 1 is 1.13 bits per heavy atom. The number of fused-ring (bicyclic) bond motifs is 1. The second-order valence-corrected chi connectivity index (χ2v) is 8.85. The van der Waals surface area contributed by atoms with E-state index in [1.54, 1.807) is 25.5 Å². The number of rotatable bonds is 6. The highest BCUT2D eigenvalue weighted by atomic mass is 79.9. The first-order valence-corrected chi connectivity index (χ1v) is 10.9. The van der Waals surface area contributed by atoms with Gasteiger partial charge in [0.25, 0.3) is 5.56 Å². The van der Waals surface area contributed by atoms with Gasteiger partial charge in [0, 0.05) is 35.2 Å². The van der Waals surface area contributed by atoms with Gasteiger partial charge in [0.15, 0.2) is 0 Å². The number of aryl methyl sites for hydroxylation is 1. The molecule has 1 atom stereocenters. The van der Waals surface area contributed by atoms with Gasteiger partial charge in [-0.15, -0.1) is 11.3 Å². The van der Waals surface area contributed by atoms with E-state index in [9.17, 15) is 14.7 Å². The molecule has 9 heteroatoms. The molecule has 3 heterocycles. The second kappa shape index (κ2) is 8.65. The maximum Gasteiger partial charge on any atom is 0.336 e. The van der Waals surface area contributed by atoms with Crippen molar-refractivity contribution in [1.82, 2.24) is 19.3 Å². The van der Waals surface area contributed by atoms with Crippen molar-refractivity contribution in [2.75, 3.05) is 0 Å². The topological polar surface area (TPSA) is 88.6 Å². The smallest absolute Gasteiger partial charge is 0.336 e. The predicted octanol–water partition coefficient (Wildman–Crippen LogP) is 2.82. The van der Waals surface area contributed by atoms with Crippen LogP contribution in [0.4, 0.5) is 0 Å². The molecule has 3 aromatic heterocycles. The van der Waals surface area contributed by atoms with Crippen LogP contribution in [0.2, 0.25) is 0 Å². The fraction of sp³-hybridized carbons (Fsp3) is 0.190. The van der Waals surface area contributed by atoms with E-state index in [-0.39, 0.29) is 12.1 Å². The summed E-state index contributed by atoms with van der Waals surface area (Å²) in [5.41, 5.74) is 1.56. The van der Waals surface area contributed by atoms with Crippen LogP contribution in [-0.2, 0) is 13.1 Å². The van der Waals surface area contributed by atoms with Gasteiger partial charge in [-0.2, -0.15) is 0 Å². The van der Waals surface area contributed by atoms with E-state index in [2.05, 4.69) is 26.2 Å². The zero-order valence-corrected chi connectivity index (χ0v) is 18.5. The zero-order valence-electron chi connectivity index (χ0n) is 16.1. The number of aliphatic hydroxyl groups excluding tert-OH is 1. The molecule has 0 bridgehead atoms. The molecule has 0 aliphatic heterocycles. The Bertz CT molecular complexity index is 1300. The SMILES string of the molecule is Cc1c(=O)n(Cc2ccc(Br)cc2)c(=O)n2cc(C(O)NCc3ccncc3)sc12. The van der Waals surface area contributed by atoms with E-state index < -0.39 is 11.9 Å². The highest BCUT2D eigenvalue weighted by Crippen LogP contribution is 2.23. The number of nitrogens with one attached hydrogen (secondary N) is 1. The number of nitrogens with zero attached hydrogens (tertiary/aromatic N) is 3. The number of halogens is 1. The molecule has 0 fully saturated rings. The highest BCUT2D eigenvalue weighted by molar-refractivity contribution is 9.10. The summed E-state index contributed by atoms with van der Waals surface area (Å²) in [6.07, 6.45) is 4.01. The molecule has 4 rings (SSSR count). The summed E-state index contributed by atoms with van der Waals surface area (Å²) >= 11 is 4.61. The van der Waals surface area contributed by atoms with Crippen molar-refractivity contribution >= 4 is 32.1 Å². The van der Waals surface area contributed by atoms with Gasteiger partial charge in [-0.05, 0) is 42.3 Å². The quantitative estimate of drug-likeness (QED) is 0.409. The van der Waals surface area contributed by atoms with Crippen molar-refractivity contribution in [3.8, 4) is 0 Å². The fourth-order valence-electron chi connectivity index (χ4n) is 3.14. The van der Waals surface area contributed by atoms with Gasteiger partial charge >= 0.3 is 5.69 Å². The Morgan fingerprint density at radius 2 is 1.83 bits per heavy atom. The highest BCUT2D eigenvalue weighted by Gasteiger charge is 2.18. The van der Waals surface area contributed by atoms with Crippen molar-refractivity contribution < 1.29 is 5.11 Å². The minimum atomic E-state index is -0.961. The van der Waals surface area contributed by atoms with E-state index in [1.165, 1.54) is 20.3 Å². The average Bonchev–Trinajstić information content (AvgIpc) is 3.21. The maximum atomic E-state index is 13.0. The number of pyridine rings is 1. The molecule has 30 heavy (non-hydrogen) atoms. The molecule has 0 saturated carbocycles. The van der Waals surface area contributed by atoms with Crippen molar-refractivity contribution in [2.45, 2.75) is 26.2 Å². The van der Waals surface area contributed by atoms with Gasteiger partial charge < -0.3 is 5.11 Å². The Labute approximate surface area is 184 Å². The van der Waals surface area contributed by atoms with E-state index in [4.69, 9.17) is 0 Å². The first kappa shape index (κ1) is 20.7. The Kier molecular flexibility index (Phi) is 5.96. The molecule has 0 radical (unpaired) electrons. The van der Waals surface area contributed by atoms with Gasteiger partial charge in [-0.25, -0.2) is 4.79 Å². The normalized spacial score (nSPS) is 12.4. The monoisotopic (exact) mass is 486 g/mol. The lowest BCUT2D eigenvalue weighted by Gasteiger charge is -2.10. The Hall–Kier alpha value is -2.59. The third-order valence-electron chi connectivity index (χ3n) is 4.79. The van der Waals surface area contributed by atoms with Crippen molar-refractivity contribution in [3.63, 3.8) is 0 Å². The first-order valence-electron chi connectivity index (χ1n) is 9.24. The number of hydrogen-bond acceptors (Lipinski definition) is 6. The number of benzene rings is 1. The van der Waals surface area contributed by atoms with Crippen LogP contribution >= 0.6 is 27.3 Å². The largest absolute Gasteiger partial charge is 0.373 e. The van der Waals surface area contributed by atoms with Crippen LogP contribution in [0.5, 0.6) is 0 Å². The van der Waals surface area contributed by atoms with Crippen LogP contribution in [0.1, 0.15) is 27.8 Å². The maximum absolute atomic E-state index is 13.0. The van der Waals surface area contributed by atoms with E-state index in [0.717, 1.165) is 15.6 Å². The molecule has 0 saturated heterocycles. The summed E-state index contributed by atoms with van der Waals surface area (Å²) in [6, 6.07) is 11.2. The minimum Gasteiger partial charge on any atom is -0.373 e. The summed E-state index contributed by atoms with van der Waals surface area (Å²) in [6.45, 7) is 2.33. The third kappa shape index (κ3) is 4.15. The molecular weight excluding hydrogens is 468 g/mol. The van der Waals surface area contributed by atoms with Gasteiger partial charge in [-0.1, -0.05) is 28.1 Å². The lowest BCUT2D eigenvalue weighted by Crippen LogP contribution is -2.38. The van der Waals surface area contributed by atoms with Gasteiger partial charge in [0.1, 0.15) is 11.1 Å². The lowest BCUT2D eigenvalue weighted by atomic mass is 10.2. The molecule has 0 amide bonds. The van der Waals surface area contributed by atoms with E-state index in [1.807, 2.05) is 36.4 Å². The lowest BCUT2D eigenvalue weighted by molar-refractivity contribution is 0.140. The summed E-state index contributed by atoms with van der Waals surface area (Å²) in [7, 11) is 0. The van der Waals surface area contributed by atoms with Crippen LogP contribution < -0.4 is 16.6 Å². The van der Waals surface area contributed by atoms with Crippen LogP contribution in [0.15, 0.2) is 69.1 Å². The minimum absolute atomic E-state index is 0.183. The van der Waals surface area contributed by atoms with Crippen molar-refractivity contribution in [1.29, 1.82) is 0 Å². The summed E-state index contributed by atoms with van der Waals surface area (Å²) in [4.78, 5) is 30.9. The second-order valence-electron chi connectivity index (χ2n) is 6.87. The van der Waals surface area contributed by atoms with Crippen molar-refractivity contribution in [3.05, 3.63) is 102 Å². The predicted molar refractivity (Wildman–Crippen MR) is 120 cm³/mol. The average molecular weight is 487 g/mol. The standard InChI is InChI=1S/C21H19BrN4O3S/c1-13-19(28)25(11-15-2-4-16(22)5-3-15)21(29)26-12-17(30-20(13)26)18(27)24-10-14-6-8-23-9-7-14/h2-9,12,18,24,27H,10-11H2,1H3. The molecule has 2 N–H and O–H groups in total. The van der Waals surface area contributed by atoms with Crippen LogP contribution in [0.3, 0.4) is 0 Å². The number of thiazole rings is 1. The fourth-order valence-corrected chi connectivity index (χ4v) is 4.45. The summed E-state index contributed by atoms with van der Waals surface area (Å²) in [5.74, 6) is 0. The third-order valence-corrected chi connectivity index (χ3v) is 6.58. The van der Waals surface area contributed by atoms with Crippen LogP contribution in [0, 0.1) is 6.92 Å². The number of hydrogen-bond donors (Lipinski definition) is 2. The number of aromatic nitrogens is 3. The molecule has 1 aromatic carbocycles. The molecule has 0 aliphatic rings. The van der Waals surface area contributed by atoms with Crippen LogP contribution in [0.25, 0.3) is 4.83 Å². The van der Waals surface area contributed by atoms with E-state index >= 15 is 0 Å². The molecule has 4 aromatic rings. The Morgan fingerprint density at radius 3 is 2.53 bits per heavy atom. The number of aliphatic hydroxyl groups is 1. The summed E-state index contributed by atoms with van der Waals surface area (Å²) in [5, 5.41) is 13.6. The molecule has 154 valence electrons. The van der Waals surface area contributed by atoms with Gasteiger partial charge in [0.2, 0.25) is 0 Å². The molecule has 7 nitrogen and oxygen atoms in total. The molecule has 1 unspecified atom stereocenters. The van der Waals surface area contributed by atoms with Gasteiger partial charge in [-0.3, -0.25) is 24.1 Å². The van der Waals surface area contributed by atoms with Crippen molar-refractivity contribution in [2.24, 2.45) is 0 Å². The molecular formula is C21H19BrN4O3S. The zero-order chi connectivity index (χ0) is 21.3. The van der Waals surface area contributed by atoms with E-state index in [0.29, 0.717) is 21.8 Å². The van der Waals surface area contributed by atoms with Gasteiger partial charge in [0.05, 0.1) is 11.4 Å². The Balaban J connectivity index is 1.66. The van der Waals surface area contributed by atoms with Crippen LogP contribution in [-0.4, -0.2) is 19.1 Å². The molecule has 0 spiro atoms. The molecule has 0 aliphatic carbocycles.